The predicted molar refractivity (Wildman–Crippen MR) is 258 cm³/mol. The van der Waals surface area contributed by atoms with Crippen LogP contribution in [0.4, 0.5) is 17.1 Å². The third-order valence-corrected chi connectivity index (χ3v) is 14.2. The predicted octanol–water partition coefficient (Wildman–Crippen LogP) is 16.7. The van der Waals surface area contributed by atoms with E-state index in [1.807, 2.05) is 0 Å². The van der Waals surface area contributed by atoms with Crippen LogP contribution in [-0.4, -0.2) is 0 Å². The van der Waals surface area contributed by atoms with Crippen LogP contribution in [0.5, 0.6) is 0 Å². The zero-order chi connectivity index (χ0) is 41.7. The first kappa shape index (κ1) is 37.4. The number of nitrogens with zero attached hydrogens (tertiary/aromatic N) is 1. The lowest BCUT2D eigenvalue weighted by Crippen LogP contribution is -2.33. The highest BCUT2D eigenvalue weighted by molar-refractivity contribution is 6.14. The van der Waals surface area contributed by atoms with Crippen LogP contribution < -0.4 is 4.90 Å². The lowest BCUT2D eigenvalue weighted by Gasteiger charge is -2.41. The molecule has 8 aromatic carbocycles. The first-order valence-electron chi connectivity index (χ1n) is 21.9. The summed E-state index contributed by atoms with van der Waals surface area (Å²) in [4.78, 5) is 2.43. The standard InChI is InChI=1S/C59H51NO/c1-57(2)32-33-58(3,4)53-37-55-49(36-52(53)57)56-48(23-15-25-54(56)61-55)45-21-11-10-20-44(45)40-18-14-19-42(34-40)60(41-28-26-39(27-29-41)38-16-8-7-9-17-38)43-30-31-47-46-22-12-13-24-50(46)59(5,6)51(47)35-43/h7-31,34-37H,32-33H2,1-6H3. The Hall–Kier alpha value is -6.64. The Bertz CT molecular complexity index is 3160. The maximum absolute atomic E-state index is 6.73. The molecule has 0 atom stereocenters. The summed E-state index contributed by atoms with van der Waals surface area (Å²) in [5.74, 6) is 0. The molecule has 0 fully saturated rings. The number of benzene rings is 8. The highest BCUT2D eigenvalue weighted by atomic mass is 16.3. The van der Waals surface area contributed by atoms with E-state index in [0.29, 0.717) is 0 Å². The Balaban J connectivity index is 1.06. The van der Waals surface area contributed by atoms with Gasteiger partial charge in [0.1, 0.15) is 11.2 Å². The van der Waals surface area contributed by atoms with Gasteiger partial charge in [0, 0.05) is 33.2 Å². The zero-order valence-corrected chi connectivity index (χ0v) is 36.0. The first-order chi connectivity index (χ1) is 29.5. The summed E-state index contributed by atoms with van der Waals surface area (Å²) in [5.41, 5.74) is 20.8. The largest absolute Gasteiger partial charge is 0.456 e. The lowest BCUT2D eigenvalue weighted by atomic mass is 9.63. The van der Waals surface area contributed by atoms with Gasteiger partial charge in [-0.25, -0.2) is 0 Å². The van der Waals surface area contributed by atoms with Gasteiger partial charge in [-0.15, -0.1) is 0 Å². The Morgan fingerprint density at radius 2 is 0.951 bits per heavy atom. The number of fused-ring (bicyclic) bond motifs is 7. The van der Waals surface area contributed by atoms with Crippen molar-refractivity contribution in [2.24, 2.45) is 0 Å². The van der Waals surface area contributed by atoms with Crippen molar-refractivity contribution in [3.63, 3.8) is 0 Å². The van der Waals surface area contributed by atoms with Crippen LogP contribution in [0.2, 0.25) is 0 Å². The molecule has 11 rings (SSSR count). The van der Waals surface area contributed by atoms with E-state index in [0.717, 1.165) is 33.8 Å². The summed E-state index contributed by atoms with van der Waals surface area (Å²) in [5, 5.41) is 2.38. The minimum Gasteiger partial charge on any atom is -0.456 e. The van der Waals surface area contributed by atoms with Crippen molar-refractivity contribution in [1.82, 2.24) is 0 Å². The van der Waals surface area contributed by atoms with Crippen molar-refractivity contribution in [1.29, 1.82) is 0 Å². The van der Waals surface area contributed by atoms with E-state index in [1.54, 1.807) is 0 Å². The van der Waals surface area contributed by atoms with E-state index >= 15 is 0 Å². The Kier molecular flexibility index (Phi) is 8.39. The minimum atomic E-state index is -0.116. The van der Waals surface area contributed by atoms with Gasteiger partial charge >= 0.3 is 0 Å². The molecule has 1 heterocycles. The van der Waals surface area contributed by atoms with Crippen LogP contribution in [0.25, 0.3) is 66.4 Å². The molecule has 2 heteroatoms. The monoisotopic (exact) mass is 789 g/mol. The van der Waals surface area contributed by atoms with Crippen LogP contribution in [-0.2, 0) is 16.2 Å². The molecule has 0 bridgehead atoms. The molecule has 1 aromatic heterocycles. The fourth-order valence-corrected chi connectivity index (χ4v) is 10.6. The second kappa shape index (κ2) is 13.7. The SMILES string of the molecule is CC1(C)CCC(C)(C)c2cc3c(cc21)oc1cccc(-c2ccccc2-c2cccc(N(c4ccc(-c5ccccc5)cc4)c4ccc5c(c4)C(C)(C)c4ccccc4-5)c2)c13. The molecule has 0 unspecified atom stereocenters. The van der Waals surface area contributed by atoms with Crippen molar-refractivity contribution in [3.05, 3.63) is 198 Å². The van der Waals surface area contributed by atoms with Crippen molar-refractivity contribution in [2.75, 3.05) is 4.90 Å². The Labute approximate surface area is 360 Å². The van der Waals surface area contributed by atoms with Crippen molar-refractivity contribution >= 4 is 39.0 Å². The smallest absolute Gasteiger partial charge is 0.136 e. The molecule has 9 aromatic rings. The molecule has 0 amide bonds. The molecular weight excluding hydrogens is 739 g/mol. The molecular formula is C59H51NO. The summed E-state index contributed by atoms with van der Waals surface area (Å²) in [6.07, 6.45) is 2.34. The highest BCUT2D eigenvalue weighted by Gasteiger charge is 2.38. The normalized spacial score (nSPS) is 15.6. The molecule has 0 aliphatic heterocycles. The molecule has 2 aliphatic rings. The fraction of sp³-hybridized carbons (Fsp3) is 0.186. The summed E-state index contributed by atoms with van der Waals surface area (Å²) in [6.45, 7) is 14.3. The Morgan fingerprint density at radius 1 is 0.377 bits per heavy atom. The summed E-state index contributed by atoms with van der Waals surface area (Å²) < 4.78 is 6.73. The second-order valence-electron chi connectivity index (χ2n) is 19.2. The van der Waals surface area contributed by atoms with Gasteiger partial charge < -0.3 is 9.32 Å². The number of hydrogen-bond acceptors (Lipinski definition) is 2. The zero-order valence-electron chi connectivity index (χ0n) is 36.0. The van der Waals surface area contributed by atoms with E-state index in [9.17, 15) is 0 Å². The van der Waals surface area contributed by atoms with Gasteiger partial charge in [0.25, 0.3) is 0 Å². The third-order valence-electron chi connectivity index (χ3n) is 14.2. The number of hydrogen-bond donors (Lipinski definition) is 0. The molecule has 0 spiro atoms. The molecule has 0 N–H and O–H groups in total. The summed E-state index contributed by atoms with van der Waals surface area (Å²) >= 11 is 0. The van der Waals surface area contributed by atoms with Gasteiger partial charge in [-0.3, -0.25) is 0 Å². The first-order valence-corrected chi connectivity index (χ1v) is 21.9. The Morgan fingerprint density at radius 3 is 1.72 bits per heavy atom. The molecule has 61 heavy (non-hydrogen) atoms. The van der Waals surface area contributed by atoms with Crippen LogP contribution >= 0.6 is 0 Å². The topological polar surface area (TPSA) is 16.4 Å². The minimum absolute atomic E-state index is 0.0994. The highest BCUT2D eigenvalue weighted by Crippen LogP contribution is 2.52. The van der Waals surface area contributed by atoms with E-state index < -0.39 is 0 Å². The number of anilines is 3. The van der Waals surface area contributed by atoms with E-state index in [-0.39, 0.29) is 16.2 Å². The van der Waals surface area contributed by atoms with Gasteiger partial charge in [0.15, 0.2) is 0 Å². The third kappa shape index (κ3) is 5.98. The van der Waals surface area contributed by atoms with Gasteiger partial charge in [0.05, 0.1) is 0 Å². The van der Waals surface area contributed by atoms with Crippen molar-refractivity contribution in [2.45, 2.75) is 70.6 Å². The average Bonchev–Trinajstić information content (AvgIpc) is 3.77. The average molecular weight is 790 g/mol. The van der Waals surface area contributed by atoms with Crippen molar-refractivity contribution in [3.8, 4) is 44.5 Å². The quantitative estimate of drug-likeness (QED) is 0.167. The van der Waals surface area contributed by atoms with E-state index in [4.69, 9.17) is 4.42 Å². The van der Waals surface area contributed by atoms with Gasteiger partial charge in [-0.1, -0.05) is 163 Å². The number of furan rings is 1. The van der Waals surface area contributed by atoms with Gasteiger partial charge in [-0.2, -0.15) is 0 Å². The van der Waals surface area contributed by atoms with Crippen LogP contribution in [0.15, 0.2) is 180 Å². The molecule has 0 radical (unpaired) electrons. The van der Waals surface area contributed by atoms with E-state index in [2.05, 4.69) is 222 Å². The summed E-state index contributed by atoms with van der Waals surface area (Å²) in [6, 6.07) is 65.0. The fourth-order valence-electron chi connectivity index (χ4n) is 10.6. The lowest BCUT2D eigenvalue weighted by molar-refractivity contribution is 0.332. The number of rotatable bonds is 6. The van der Waals surface area contributed by atoms with E-state index in [1.165, 1.54) is 84.8 Å². The van der Waals surface area contributed by atoms with Gasteiger partial charge in [-0.05, 0) is 145 Å². The van der Waals surface area contributed by atoms with Crippen LogP contribution in [0.1, 0.15) is 76.6 Å². The maximum Gasteiger partial charge on any atom is 0.136 e. The molecule has 298 valence electrons. The van der Waals surface area contributed by atoms with Crippen LogP contribution in [0.3, 0.4) is 0 Å². The molecule has 2 aliphatic carbocycles. The summed E-state index contributed by atoms with van der Waals surface area (Å²) in [7, 11) is 0. The molecule has 2 nitrogen and oxygen atoms in total. The molecule has 0 saturated carbocycles. The maximum atomic E-state index is 6.73. The van der Waals surface area contributed by atoms with Crippen LogP contribution in [0, 0.1) is 0 Å². The van der Waals surface area contributed by atoms with Gasteiger partial charge in [0.2, 0.25) is 0 Å². The van der Waals surface area contributed by atoms with Crippen molar-refractivity contribution < 1.29 is 4.42 Å². The molecule has 0 saturated heterocycles. The second-order valence-corrected chi connectivity index (χ2v) is 19.2.